The van der Waals surface area contributed by atoms with Gasteiger partial charge >= 0.3 is 0 Å². The van der Waals surface area contributed by atoms with Gasteiger partial charge in [0.2, 0.25) is 0 Å². The Hall–Kier alpha value is -2.04. The first-order valence-electron chi connectivity index (χ1n) is 7.46. The van der Waals surface area contributed by atoms with Crippen molar-refractivity contribution in [2.24, 2.45) is 0 Å². The normalized spacial score (nSPS) is 13.6. The standard InChI is InChI=1S/C20H23N/c1-4-15-21(3)20(19-13-9-6-10-14-19)16-17(2)18-11-7-5-8-12-18/h1,5-14,17,20H,15-16H2,2-3H3. The van der Waals surface area contributed by atoms with Gasteiger partial charge in [-0.1, -0.05) is 73.5 Å². The lowest BCUT2D eigenvalue weighted by Crippen LogP contribution is -2.26. The van der Waals surface area contributed by atoms with Crippen LogP contribution < -0.4 is 0 Å². The van der Waals surface area contributed by atoms with E-state index in [9.17, 15) is 0 Å². The highest BCUT2D eigenvalue weighted by Crippen LogP contribution is 2.31. The van der Waals surface area contributed by atoms with E-state index in [1.807, 2.05) is 0 Å². The lowest BCUT2D eigenvalue weighted by Gasteiger charge is -2.29. The van der Waals surface area contributed by atoms with Crippen molar-refractivity contribution in [2.75, 3.05) is 13.6 Å². The molecule has 0 aromatic heterocycles. The van der Waals surface area contributed by atoms with Crippen LogP contribution in [0.25, 0.3) is 0 Å². The van der Waals surface area contributed by atoms with E-state index in [-0.39, 0.29) is 0 Å². The summed E-state index contributed by atoms with van der Waals surface area (Å²) in [6.07, 6.45) is 6.56. The monoisotopic (exact) mass is 277 g/mol. The summed E-state index contributed by atoms with van der Waals surface area (Å²) in [6.45, 7) is 2.95. The second-order valence-corrected chi connectivity index (χ2v) is 5.59. The number of hydrogen-bond donors (Lipinski definition) is 0. The lowest BCUT2D eigenvalue weighted by atomic mass is 9.90. The summed E-state index contributed by atoms with van der Waals surface area (Å²) in [5.41, 5.74) is 2.71. The molecule has 0 fully saturated rings. The van der Waals surface area contributed by atoms with Gasteiger partial charge in [-0.2, -0.15) is 0 Å². The quantitative estimate of drug-likeness (QED) is 0.703. The number of rotatable bonds is 6. The summed E-state index contributed by atoms with van der Waals surface area (Å²) in [4.78, 5) is 2.26. The van der Waals surface area contributed by atoms with Crippen molar-refractivity contribution in [3.63, 3.8) is 0 Å². The molecule has 2 aromatic carbocycles. The minimum absolute atomic E-state index is 0.345. The third kappa shape index (κ3) is 4.21. The van der Waals surface area contributed by atoms with Crippen LogP contribution in [0.3, 0.4) is 0 Å². The maximum Gasteiger partial charge on any atom is 0.0601 e. The van der Waals surface area contributed by atoms with Crippen molar-refractivity contribution in [1.29, 1.82) is 0 Å². The average Bonchev–Trinajstić information content (AvgIpc) is 2.54. The molecular weight excluding hydrogens is 254 g/mol. The summed E-state index contributed by atoms with van der Waals surface area (Å²) in [7, 11) is 2.11. The molecule has 0 bridgehead atoms. The highest BCUT2D eigenvalue weighted by molar-refractivity contribution is 5.23. The first-order chi connectivity index (χ1) is 10.2. The Balaban J connectivity index is 2.19. The number of nitrogens with zero attached hydrogens (tertiary/aromatic N) is 1. The molecule has 2 rings (SSSR count). The van der Waals surface area contributed by atoms with Crippen LogP contribution in [0, 0.1) is 12.3 Å². The van der Waals surface area contributed by atoms with Crippen LogP contribution in [0.1, 0.15) is 36.4 Å². The zero-order valence-electron chi connectivity index (χ0n) is 12.9. The highest BCUT2D eigenvalue weighted by Gasteiger charge is 2.20. The Bertz CT molecular complexity index is 568. The number of terminal acetylenes is 1. The van der Waals surface area contributed by atoms with Crippen molar-refractivity contribution < 1.29 is 0 Å². The Morgan fingerprint density at radius 2 is 1.48 bits per heavy atom. The molecule has 21 heavy (non-hydrogen) atoms. The molecule has 2 atom stereocenters. The molecule has 2 unspecified atom stereocenters. The largest absolute Gasteiger partial charge is 0.288 e. The van der Waals surface area contributed by atoms with Gasteiger partial charge < -0.3 is 0 Å². The second-order valence-electron chi connectivity index (χ2n) is 5.59. The van der Waals surface area contributed by atoms with Crippen LogP contribution in [0.2, 0.25) is 0 Å². The van der Waals surface area contributed by atoms with E-state index in [4.69, 9.17) is 6.42 Å². The van der Waals surface area contributed by atoms with Gasteiger partial charge in [-0.3, -0.25) is 4.90 Å². The average molecular weight is 277 g/mol. The SMILES string of the molecule is C#CCN(C)C(CC(C)c1ccccc1)c1ccccc1. The third-order valence-corrected chi connectivity index (χ3v) is 4.00. The number of hydrogen-bond acceptors (Lipinski definition) is 1. The fourth-order valence-corrected chi connectivity index (χ4v) is 2.75. The summed E-state index contributed by atoms with van der Waals surface area (Å²) in [5, 5.41) is 0. The minimum atomic E-state index is 0.345. The molecule has 1 nitrogen and oxygen atoms in total. The van der Waals surface area contributed by atoms with Gasteiger partial charge in [0.15, 0.2) is 0 Å². The zero-order valence-corrected chi connectivity index (χ0v) is 12.9. The van der Waals surface area contributed by atoms with Crippen molar-refractivity contribution in [1.82, 2.24) is 4.90 Å². The molecule has 0 aliphatic rings. The Morgan fingerprint density at radius 3 is 2.00 bits per heavy atom. The molecule has 0 saturated heterocycles. The maximum atomic E-state index is 5.50. The molecule has 0 spiro atoms. The van der Waals surface area contributed by atoms with Crippen molar-refractivity contribution in [2.45, 2.75) is 25.3 Å². The van der Waals surface area contributed by atoms with E-state index in [0.29, 0.717) is 18.5 Å². The van der Waals surface area contributed by atoms with Gasteiger partial charge in [-0.05, 0) is 30.5 Å². The molecule has 0 radical (unpaired) electrons. The molecular formula is C20H23N. The zero-order chi connectivity index (χ0) is 15.1. The third-order valence-electron chi connectivity index (χ3n) is 4.00. The smallest absolute Gasteiger partial charge is 0.0601 e. The van der Waals surface area contributed by atoms with E-state index in [1.165, 1.54) is 11.1 Å². The summed E-state index contributed by atoms with van der Waals surface area (Å²) < 4.78 is 0. The van der Waals surface area contributed by atoms with Crippen LogP contribution in [-0.2, 0) is 0 Å². The molecule has 0 aliphatic carbocycles. The first-order valence-corrected chi connectivity index (χ1v) is 7.46. The topological polar surface area (TPSA) is 3.24 Å². The van der Waals surface area contributed by atoms with E-state index in [0.717, 1.165) is 6.42 Å². The van der Waals surface area contributed by atoms with Crippen LogP contribution in [0.4, 0.5) is 0 Å². The Labute approximate surface area is 128 Å². The molecule has 108 valence electrons. The second kappa shape index (κ2) is 7.67. The van der Waals surface area contributed by atoms with Gasteiger partial charge in [0.25, 0.3) is 0 Å². The van der Waals surface area contributed by atoms with Crippen LogP contribution in [-0.4, -0.2) is 18.5 Å². The van der Waals surface area contributed by atoms with Crippen LogP contribution >= 0.6 is 0 Å². The predicted molar refractivity (Wildman–Crippen MR) is 90.1 cm³/mol. The minimum Gasteiger partial charge on any atom is -0.288 e. The predicted octanol–water partition coefficient (Wildman–Crippen LogP) is 4.49. The Morgan fingerprint density at radius 1 is 0.952 bits per heavy atom. The highest BCUT2D eigenvalue weighted by atomic mass is 15.1. The summed E-state index contributed by atoms with van der Waals surface area (Å²) >= 11 is 0. The van der Waals surface area contributed by atoms with Crippen molar-refractivity contribution >= 4 is 0 Å². The van der Waals surface area contributed by atoms with Crippen LogP contribution in [0.5, 0.6) is 0 Å². The van der Waals surface area contributed by atoms with Gasteiger partial charge in [0, 0.05) is 6.04 Å². The van der Waals surface area contributed by atoms with Gasteiger partial charge in [0.1, 0.15) is 0 Å². The van der Waals surface area contributed by atoms with E-state index >= 15 is 0 Å². The van der Waals surface area contributed by atoms with Crippen molar-refractivity contribution in [3.8, 4) is 12.3 Å². The van der Waals surface area contributed by atoms with E-state index in [2.05, 4.69) is 85.5 Å². The van der Waals surface area contributed by atoms with E-state index in [1.54, 1.807) is 0 Å². The fraction of sp³-hybridized carbons (Fsp3) is 0.300. The fourth-order valence-electron chi connectivity index (χ4n) is 2.75. The van der Waals surface area contributed by atoms with Gasteiger partial charge in [-0.25, -0.2) is 0 Å². The molecule has 0 aliphatic heterocycles. The molecule has 0 N–H and O–H groups in total. The number of benzene rings is 2. The lowest BCUT2D eigenvalue weighted by molar-refractivity contribution is 0.250. The summed E-state index contributed by atoms with van der Waals surface area (Å²) in [6, 6.07) is 21.7. The van der Waals surface area contributed by atoms with Crippen molar-refractivity contribution in [3.05, 3.63) is 71.8 Å². The molecule has 0 amide bonds. The van der Waals surface area contributed by atoms with E-state index < -0.39 is 0 Å². The molecule has 2 aromatic rings. The van der Waals surface area contributed by atoms with Crippen LogP contribution in [0.15, 0.2) is 60.7 Å². The van der Waals surface area contributed by atoms with Gasteiger partial charge in [-0.15, -0.1) is 6.42 Å². The molecule has 1 heteroatoms. The first kappa shape index (κ1) is 15.4. The molecule has 0 heterocycles. The molecule has 0 saturated carbocycles. The maximum absolute atomic E-state index is 5.50. The van der Waals surface area contributed by atoms with Gasteiger partial charge in [0.05, 0.1) is 6.54 Å². The summed E-state index contributed by atoms with van der Waals surface area (Å²) in [5.74, 6) is 3.25. The Kier molecular flexibility index (Phi) is 5.60.